The maximum absolute atomic E-state index is 6.03. The van der Waals surface area contributed by atoms with Gasteiger partial charge in [-0.25, -0.2) is 0 Å². The predicted octanol–water partition coefficient (Wildman–Crippen LogP) is 5.30. The second-order valence-electron chi connectivity index (χ2n) is 8.42. The lowest BCUT2D eigenvalue weighted by atomic mass is 9.92. The van der Waals surface area contributed by atoms with Crippen LogP contribution < -0.4 is 20.1 Å². The van der Waals surface area contributed by atoms with Crippen LogP contribution in [0.2, 0.25) is 0 Å². The van der Waals surface area contributed by atoms with Crippen LogP contribution in [0.3, 0.4) is 0 Å². The van der Waals surface area contributed by atoms with Crippen molar-refractivity contribution in [3.8, 4) is 22.6 Å². The molecule has 1 saturated heterocycles. The molecule has 0 saturated carbocycles. The Morgan fingerprint density at radius 1 is 1.03 bits per heavy atom. The number of piperidine rings is 1. The summed E-state index contributed by atoms with van der Waals surface area (Å²) in [5.74, 6) is 1.96. The molecule has 2 aliphatic heterocycles. The van der Waals surface area contributed by atoms with Crippen molar-refractivity contribution >= 4 is 12.4 Å². The first-order chi connectivity index (χ1) is 15.3. The molecule has 0 aliphatic carbocycles. The first-order valence-electron chi connectivity index (χ1n) is 11.3. The van der Waals surface area contributed by atoms with E-state index in [0.717, 1.165) is 37.6 Å². The highest BCUT2D eigenvalue weighted by molar-refractivity contribution is 5.85. The molecule has 5 heteroatoms. The summed E-state index contributed by atoms with van der Waals surface area (Å²) in [6.07, 6.45) is 3.35. The van der Waals surface area contributed by atoms with Crippen molar-refractivity contribution in [2.75, 3.05) is 20.3 Å². The molecule has 0 aromatic heterocycles. The van der Waals surface area contributed by atoms with Crippen molar-refractivity contribution in [2.24, 2.45) is 0 Å². The number of rotatable bonds is 6. The van der Waals surface area contributed by atoms with E-state index < -0.39 is 0 Å². The summed E-state index contributed by atoms with van der Waals surface area (Å²) in [7, 11) is 1.70. The maximum Gasteiger partial charge on any atom is 0.127 e. The standard InChI is InChI=1S/C27H30N2O2.ClH/c1-30-24-11-9-19(10-12-24)22-16-21-13-15-31-27(21)23(17-22)18-29-25-8-5-14-28-26(25)20-6-3-2-4-7-20;/h2-4,6-7,9-12,16-17,25-26,28-29H,5,8,13-15,18H2,1H3;1H/t25-,26-;/m0./s1. The van der Waals surface area contributed by atoms with Gasteiger partial charge < -0.3 is 20.1 Å². The number of hydrogen-bond acceptors (Lipinski definition) is 4. The fourth-order valence-corrected chi connectivity index (χ4v) is 4.83. The van der Waals surface area contributed by atoms with Gasteiger partial charge in [0.1, 0.15) is 11.5 Å². The summed E-state index contributed by atoms with van der Waals surface area (Å²) < 4.78 is 11.4. The number of hydrogen-bond donors (Lipinski definition) is 2. The largest absolute Gasteiger partial charge is 0.497 e. The van der Waals surface area contributed by atoms with Crippen LogP contribution in [0.5, 0.6) is 11.5 Å². The molecule has 2 aliphatic rings. The average Bonchev–Trinajstić information content (AvgIpc) is 3.32. The molecule has 2 atom stereocenters. The first-order valence-corrected chi connectivity index (χ1v) is 11.3. The lowest BCUT2D eigenvalue weighted by Crippen LogP contribution is -2.45. The van der Waals surface area contributed by atoms with Crippen LogP contribution in [0.1, 0.15) is 35.6 Å². The van der Waals surface area contributed by atoms with Gasteiger partial charge in [0, 0.05) is 30.6 Å². The topological polar surface area (TPSA) is 42.5 Å². The zero-order chi connectivity index (χ0) is 21.0. The molecule has 0 bridgehead atoms. The number of benzene rings is 3. The molecule has 2 heterocycles. The number of nitrogens with one attached hydrogen (secondary N) is 2. The summed E-state index contributed by atoms with van der Waals surface area (Å²) in [4.78, 5) is 0. The molecule has 32 heavy (non-hydrogen) atoms. The minimum absolute atomic E-state index is 0. The van der Waals surface area contributed by atoms with Gasteiger partial charge in [0.05, 0.1) is 13.7 Å². The first kappa shape index (κ1) is 22.7. The van der Waals surface area contributed by atoms with Gasteiger partial charge in [-0.15, -0.1) is 12.4 Å². The Morgan fingerprint density at radius 2 is 1.84 bits per heavy atom. The molecule has 168 valence electrons. The van der Waals surface area contributed by atoms with Crippen molar-refractivity contribution in [3.63, 3.8) is 0 Å². The molecule has 0 amide bonds. The zero-order valence-corrected chi connectivity index (χ0v) is 19.3. The Kier molecular flexibility index (Phi) is 7.36. The van der Waals surface area contributed by atoms with Gasteiger partial charge in [-0.3, -0.25) is 0 Å². The molecular weight excluding hydrogens is 420 g/mol. The second-order valence-corrected chi connectivity index (χ2v) is 8.42. The van der Waals surface area contributed by atoms with Gasteiger partial charge in [-0.1, -0.05) is 42.5 Å². The number of methoxy groups -OCH3 is 1. The van der Waals surface area contributed by atoms with Crippen LogP contribution in [0, 0.1) is 0 Å². The number of halogens is 1. The molecule has 0 radical (unpaired) electrons. The van der Waals surface area contributed by atoms with Crippen LogP contribution in [0.4, 0.5) is 0 Å². The van der Waals surface area contributed by atoms with Gasteiger partial charge in [-0.2, -0.15) is 0 Å². The van der Waals surface area contributed by atoms with E-state index in [1.54, 1.807) is 7.11 Å². The van der Waals surface area contributed by atoms with E-state index in [0.29, 0.717) is 12.1 Å². The van der Waals surface area contributed by atoms with Crippen LogP contribution >= 0.6 is 12.4 Å². The Balaban J connectivity index is 0.00000245. The van der Waals surface area contributed by atoms with Gasteiger partial charge >= 0.3 is 0 Å². The van der Waals surface area contributed by atoms with E-state index in [9.17, 15) is 0 Å². The van der Waals surface area contributed by atoms with Crippen LogP contribution in [0.25, 0.3) is 11.1 Å². The molecular formula is C27H31ClN2O2. The average molecular weight is 451 g/mol. The van der Waals surface area contributed by atoms with Crippen molar-refractivity contribution in [1.29, 1.82) is 0 Å². The van der Waals surface area contributed by atoms with Gasteiger partial charge in [0.2, 0.25) is 0 Å². The van der Waals surface area contributed by atoms with Gasteiger partial charge in [-0.05, 0) is 65.9 Å². The SMILES string of the molecule is COc1ccc(-c2cc3c(c(CN[C@H]4CCCN[C@H]4c4ccccc4)c2)OCC3)cc1.Cl. The Morgan fingerprint density at radius 3 is 2.62 bits per heavy atom. The molecule has 5 rings (SSSR count). The highest BCUT2D eigenvalue weighted by Gasteiger charge is 2.26. The lowest BCUT2D eigenvalue weighted by Gasteiger charge is -2.34. The normalized spacial score (nSPS) is 19.5. The Bertz CT molecular complexity index is 1020. The molecule has 3 aromatic rings. The van der Waals surface area contributed by atoms with E-state index in [1.165, 1.54) is 40.7 Å². The third-order valence-electron chi connectivity index (χ3n) is 6.46. The van der Waals surface area contributed by atoms with Crippen LogP contribution in [-0.4, -0.2) is 26.3 Å². The highest BCUT2D eigenvalue weighted by atomic mass is 35.5. The maximum atomic E-state index is 6.03. The van der Waals surface area contributed by atoms with E-state index >= 15 is 0 Å². The van der Waals surface area contributed by atoms with E-state index in [4.69, 9.17) is 9.47 Å². The number of ether oxygens (including phenoxy) is 2. The van der Waals surface area contributed by atoms with Gasteiger partial charge in [0.15, 0.2) is 0 Å². The molecule has 3 aromatic carbocycles. The summed E-state index contributed by atoms with van der Waals surface area (Å²) >= 11 is 0. The second kappa shape index (κ2) is 10.4. The fraction of sp³-hybridized carbons (Fsp3) is 0.333. The highest BCUT2D eigenvalue weighted by Crippen LogP contribution is 2.35. The van der Waals surface area contributed by atoms with E-state index in [1.807, 2.05) is 12.1 Å². The monoisotopic (exact) mass is 450 g/mol. The predicted molar refractivity (Wildman–Crippen MR) is 132 cm³/mol. The zero-order valence-electron chi connectivity index (χ0n) is 18.5. The minimum atomic E-state index is 0. The van der Waals surface area contributed by atoms with Crippen molar-refractivity contribution in [3.05, 3.63) is 83.4 Å². The summed E-state index contributed by atoms with van der Waals surface area (Å²) in [5, 5.41) is 7.57. The number of fused-ring (bicyclic) bond motifs is 1. The van der Waals surface area contributed by atoms with Crippen molar-refractivity contribution in [1.82, 2.24) is 10.6 Å². The van der Waals surface area contributed by atoms with Crippen molar-refractivity contribution < 1.29 is 9.47 Å². The molecule has 2 N–H and O–H groups in total. The van der Waals surface area contributed by atoms with E-state index in [2.05, 4.69) is 65.2 Å². The Labute approximate surface area is 196 Å². The van der Waals surface area contributed by atoms with Crippen molar-refractivity contribution in [2.45, 2.75) is 37.9 Å². The molecule has 0 unspecified atom stereocenters. The summed E-state index contributed by atoms with van der Waals surface area (Å²) in [6, 6.07) is 24.4. The van der Waals surface area contributed by atoms with Gasteiger partial charge in [0.25, 0.3) is 0 Å². The quantitative estimate of drug-likeness (QED) is 0.534. The summed E-state index contributed by atoms with van der Waals surface area (Å²) in [5.41, 5.74) is 6.36. The smallest absolute Gasteiger partial charge is 0.127 e. The molecule has 1 fully saturated rings. The molecule has 4 nitrogen and oxygen atoms in total. The fourth-order valence-electron chi connectivity index (χ4n) is 4.83. The minimum Gasteiger partial charge on any atom is -0.497 e. The molecule has 0 spiro atoms. The van der Waals surface area contributed by atoms with Crippen LogP contribution in [-0.2, 0) is 13.0 Å². The summed E-state index contributed by atoms with van der Waals surface area (Å²) in [6.45, 7) is 2.65. The third-order valence-corrected chi connectivity index (χ3v) is 6.46. The lowest BCUT2D eigenvalue weighted by molar-refractivity contribution is 0.301. The Hall–Kier alpha value is -2.53. The third kappa shape index (κ3) is 4.78. The van der Waals surface area contributed by atoms with Crippen LogP contribution in [0.15, 0.2) is 66.7 Å². The van der Waals surface area contributed by atoms with E-state index in [-0.39, 0.29) is 12.4 Å².